The van der Waals surface area contributed by atoms with Gasteiger partial charge in [0.1, 0.15) is 0 Å². The molecule has 2 heteroatoms. The Balaban J connectivity index is 1.58. The molecule has 2 atom stereocenters. The summed E-state index contributed by atoms with van der Waals surface area (Å²) in [6.45, 7) is 5.07. The van der Waals surface area contributed by atoms with Crippen LogP contribution in [0, 0.1) is 5.92 Å². The highest BCUT2D eigenvalue weighted by atomic mass is 16.5. The second kappa shape index (κ2) is 5.28. The fourth-order valence-electron chi connectivity index (χ4n) is 3.98. The number of likely N-dealkylation sites (tertiary alicyclic amines) is 1. The van der Waals surface area contributed by atoms with Gasteiger partial charge in [0.05, 0.1) is 13.2 Å². The zero-order valence-electron chi connectivity index (χ0n) is 12.2. The average Bonchev–Trinajstić information content (AvgIpc) is 3.07. The second-order valence-electron chi connectivity index (χ2n) is 6.39. The Bertz CT molecular complexity index is 597. The first-order valence-electron chi connectivity index (χ1n) is 7.76. The minimum Gasteiger partial charge on any atom is -0.380 e. The van der Waals surface area contributed by atoms with Gasteiger partial charge in [-0.2, -0.15) is 0 Å². The van der Waals surface area contributed by atoms with Gasteiger partial charge in [-0.3, -0.25) is 4.90 Å². The highest BCUT2D eigenvalue weighted by molar-refractivity contribution is 5.31. The molecule has 0 aliphatic carbocycles. The number of benzene rings is 2. The van der Waals surface area contributed by atoms with Gasteiger partial charge in [-0.15, -0.1) is 0 Å². The summed E-state index contributed by atoms with van der Waals surface area (Å²) in [4.78, 5) is 2.59. The quantitative estimate of drug-likeness (QED) is 0.856. The van der Waals surface area contributed by atoms with Gasteiger partial charge in [0.15, 0.2) is 0 Å². The van der Waals surface area contributed by atoms with Crippen LogP contribution in [-0.2, 0) is 16.7 Å². The molecular formula is C19H21NO. The van der Waals surface area contributed by atoms with E-state index in [1.54, 1.807) is 0 Å². The first-order chi connectivity index (χ1) is 10.4. The Morgan fingerprint density at radius 1 is 1.00 bits per heavy atom. The van der Waals surface area contributed by atoms with Crippen LogP contribution in [0.4, 0.5) is 0 Å². The molecule has 2 unspecified atom stereocenters. The summed E-state index contributed by atoms with van der Waals surface area (Å²) in [6.07, 6.45) is 0. The Kier molecular flexibility index (Phi) is 3.28. The van der Waals surface area contributed by atoms with Crippen LogP contribution >= 0.6 is 0 Å². The number of nitrogens with zero attached hydrogens (tertiary/aromatic N) is 1. The molecule has 2 aliphatic heterocycles. The van der Waals surface area contributed by atoms with Crippen LogP contribution in [0.25, 0.3) is 0 Å². The van der Waals surface area contributed by atoms with Crippen molar-refractivity contribution in [1.29, 1.82) is 0 Å². The van der Waals surface area contributed by atoms with Crippen LogP contribution < -0.4 is 0 Å². The third-order valence-electron chi connectivity index (χ3n) is 5.04. The Hall–Kier alpha value is -1.64. The van der Waals surface area contributed by atoms with E-state index in [-0.39, 0.29) is 5.41 Å². The molecule has 2 heterocycles. The van der Waals surface area contributed by atoms with Crippen LogP contribution in [0.15, 0.2) is 60.7 Å². The van der Waals surface area contributed by atoms with E-state index < -0.39 is 0 Å². The molecule has 0 bridgehead atoms. The summed E-state index contributed by atoms with van der Waals surface area (Å²) >= 11 is 0. The van der Waals surface area contributed by atoms with E-state index in [2.05, 4.69) is 65.6 Å². The first-order valence-corrected chi connectivity index (χ1v) is 7.76. The highest BCUT2D eigenvalue weighted by Gasteiger charge is 2.51. The van der Waals surface area contributed by atoms with E-state index in [0.717, 1.165) is 32.8 Å². The minimum absolute atomic E-state index is 0.204. The van der Waals surface area contributed by atoms with Crippen molar-refractivity contribution in [3.8, 4) is 0 Å². The van der Waals surface area contributed by atoms with Crippen LogP contribution in [0.2, 0.25) is 0 Å². The van der Waals surface area contributed by atoms with Gasteiger partial charge in [-0.25, -0.2) is 0 Å². The van der Waals surface area contributed by atoms with E-state index >= 15 is 0 Å². The summed E-state index contributed by atoms with van der Waals surface area (Å²) in [7, 11) is 0. The van der Waals surface area contributed by atoms with Crippen molar-refractivity contribution in [3.05, 3.63) is 71.8 Å². The van der Waals surface area contributed by atoms with Gasteiger partial charge in [-0.05, 0) is 11.1 Å². The molecule has 2 aromatic carbocycles. The molecule has 2 saturated heterocycles. The normalized spacial score (nSPS) is 28.7. The van der Waals surface area contributed by atoms with Crippen molar-refractivity contribution in [2.45, 2.75) is 12.0 Å². The number of fused-ring (bicyclic) bond motifs is 1. The summed E-state index contributed by atoms with van der Waals surface area (Å²) in [6, 6.07) is 21.7. The maximum absolute atomic E-state index is 5.84. The predicted molar refractivity (Wildman–Crippen MR) is 84.1 cm³/mol. The third kappa shape index (κ3) is 2.29. The summed E-state index contributed by atoms with van der Waals surface area (Å²) in [5.74, 6) is 0.628. The zero-order chi connectivity index (χ0) is 14.1. The lowest BCUT2D eigenvalue weighted by atomic mass is 9.75. The van der Waals surface area contributed by atoms with E-state index in [0.29, 0.717) is 5.92 Å². The Morgan fingerprint density at radius 2 is 1.71 bits per heavy atom. The summed E-state index contributed by atoms with van der Waals surface area (Å²) < 4.78 is 5.84. The molecule has 2 aromatic rings. The molecule has 21 heavy (non-hydrogen) atoms. The number of hydrogen-bond acceptors (Lipinski definition) is 2. The standard InChI is InChI=1S/C19H21NO/c1-3-7-16(8-4-1)11-20-12-18-13-21-15-19(18,14-20)17-9-5-2-6-10-17/h1-10,18H,11-15H2. The van der Waals surface area contributed by atoms with Gasteiger partial charge in [0.25, 0.3) is 0 Å². The van der Waals surface area contributed by atoms with Crippen molar-refractivity contribution < 1.29 is 4.74 Å². The first kappa shape index (κ1) is 13.1. The van der Waals surface area contributed by atoms with Crippen LogP contribution in [-0.4, -0.2) is 31.2 Å². The zero-order valence-corrected chi connectivity index (χ0v) is 12.2. The Morgan fingerprint density at radius 3 is 2.48 bits per heavy atom. The monoisotopic (exact) mass is 279 g/mol. The fraction of sp³-hybridized carbons (Fsp3) is 0.368. The third-order valence-corrected chi connectivity index (χ3v) is 5.04. The Labute approximate surface area is 126 Å². The van der Waals surface area contributed by atoms with Crippen molar-refractivity contribution in [2.24, 2.45) is 5.92 Å². The number of rotatable bonds is 3. The summed E-state index contributed by atoms with van der Waals surface area (Å²) in [5, 5.41) is 0. The lowest BCUT2D eigenvalue weighted by molar-refractivity contribution is 0.146. The van der Waals surface area contributed by atoms with Crippen molar-refractivity contribution in [2.75, 3.05) is 26.3 Å². The smallest absolute Gasteiger partial charge is 0.0579 e. The largest absolute Gasteiger partial charge is 0.380 e. The number of hydrogen-bond donors (Lipinski definition) is 0. The molecule has 0 aromatic heterocycles. The predicted octanol–water partition coefficient (Wildman–Crippen LogP) is 3.09. The molecule has 0 N–H and O–H groups in total. The van der Waals surface area contributed by atoms with E-state index in [1.807, 2.05) is 0 Å². The topological polar surface area (TPSA) is 12.5 Å². The van der Waals surface area contributed by atoms with E-state index in [4.69, 9.17) is 4.74 Å². The minimum atomic E-state index is 0.204. The van der Waals surface area contributed by atoms with Gasteiger partial charge >= 0.3 is 0 Å². The molecule has 108 valence electrons. The maximum Gasteiger partial charge on any atom is 0.0579 e. The van der Waals surface area contributed by atoms with Crippen LogP contribution in [0.3, 0.4) is 0 Å². The van der Waals surface area contributed by atoms with Gasteiger partial charge in [0, 0.05) is 31.0 Å². The highest BCUT2D eigenvalue weighted by Crippen LogP contribution is 2.44. The van der Waals surface area contributed by atoms with E-state index in [1.165, 1.54) is 11.1 Å². The van der Waals surface area contributed by atoms with Gasteiger partial charge in [-0.1, -0.05) is 60.7 Å². The van der Waals surface area contributed by atoms with Crippen molar-refractivity contribution in [1.82, 2.24) is 4.90 Å². The lowest BCUT2D eigenvalue weighted by Crippen LogP contribution is -2.35. The van der Waals surface area contributed by atoms with Gasteiger partial charge < -0.3 is 4.74 Å². The SMILES string of the molecule is c1ccc(CN2CC3COCC3(c3ccccc3)C2)cc1. The molecule has 0 radical (unpaired) electrons. The van der Waals surface area contributed by atoms with Crippen LogP contribution in [0.1, 0.15) is 11.1 Å². The molecule has 2 fully saturated rings. The van der Waals surface area contributed by atoms with Crippen molar-refractivity contribution in [3.63, 3.8) is 0 Å². The molecule has 2 aliphatic rings. The number of ether oxygens (including phenoxy) is 1. The molecule has 0 spiro atoms. The molecule has 2 nitrogen and oxygen atoms in total. The van der Waals surface area contributed by atoms with Crippen LogP contribution in [0.5, 0.6) is 0 Å². The van der Waals surface area contributed by atoms with Crippen molar-refractivity contribution >= 4 is 0 Å². The molecule has 0 amide bonds. The maximum atomic E-state index is 5.84. The summed E-state index contributed by atoms with van der Waals surface area (Å²) in [5.41, 5.74) is 3.06. The fourth-order valence-corrected chi connectivity index (χ4v) is 3.98. The molecule has 4 rings (SSSR count). The lowest BCUT2D eigenvalue weighted by Gasteiger charge is -2.28. The average molecular weight is 279 g/mol. The molecule has 0 saturated carbocycles. The van der Waals surface area contributed by atoms with E-state index in [9.17, 15) is 0 Å². The van der Waals surface area contributed by atoms with Gasteiger partial charge in [0.2, 0.25) is 0 Å². The second-order valence-corrected chi connectivity index (χ2v) is 6.39. The molecular weight excluding hydrogens is 258 g/mol.